The average Bonchev–Trinajstić information content (AvgIpc) is 2.37. The van der Waals surface area contributed by atoms with Crippen LogP contribution in [0.5, 0.6) is 0 Å². The lowest BCUT2D eigenvalue weighted by molar-refractivity contribution is 0.122. The lowest BCUT2D eigenvalue weighted by atomic mass is 10.2. The zero-order valence-corrected chi connectivity index (χ0v) is 13.0. The van der Waals surface area contributed by atoms with Gasteiger partial charge >= 0.3 is 8.80 Å². The summed E-state index contributed by atoms with van der Waals surface area (Å²) in [6.45, 7) is 0. The third-order valence-corrected chi connectivity index (χ3v) is 6.12. The van der Waals surface area contributed by atoms with Crippen molar-refractivity contribution < 1.29 is 13.3 Å². The number of halogens is 1. The first-order valence-electron chi connectivity index (χ1n) is 4.99. The van der Waals surface area contributed by atoms with Gasteiger partial charge in [-0.25, -0.2) is 0 Å². The summed E-state index contributed by atoms with van der Waals surface area (Å²) in [5, 5.41) is 0. The molecule has 1 aromatic rings. The van der Waals surface area contributed by atoms with E-state index in [1.165, 1.54) is 11.1 Å². The van der Waals surface area contributed by atoms with Gasteiger partial charge in [0.15, 0.2) is 0 Å². The minimum absolute atomic E-state index is 0.706. The Balaban J connectivity index is 2.77. The monoisotopic (exact) mass is 352 g/mol. The van der Waals surface area contributed by atoms with Crippen LogP contribution in [0.2, 0.25) is 0 Å². The van der Waals surface area contributed by atoms with Crippen molar-refractivity contribution in [3.8, 4) is 0 Å². The third-order valence-electron chi connectivity index (χ3n) is 2.53. The van der Waals surface area contributed by atoms with E-state index in [-0.39, 0.29) is 0 Å². The van der Waals surface area contributed by atoms with Gasteiger partial charge in [-0.1, -0.05) is 46.9 Å². The summed E-state index contributed by atoms with van der Waals surface area (Å²) in [7, 11) is 2.42. The molecule has 0 radical (unpaired) electrons. The predicted octanol–water partition coefficient (Wildman–Crippen LogP) is 2.58. The van der Waals surface area contributed by atoms with Crippen LogP contribution in [0, 0.1) is 0 Å². The third kappa shape index (κ3) is 3.52. The van der Waals surface area contributed by atoms with E-state index in [1.807, 2.05) is 0 Å². The van der Waals surface area contributed by atoms with Crippen molar-refractivity contribution in [3.63, 3.8) is 0 Å². The Morgan fingerprint density at radius 1 is 0.938 bits per heavy atom. The molecular weight excluding hydrogens is 335 g/mol. The largest absolute Gasteiger partial charge is 0.504 e. The highest BCUT2D eigenvalue weighted by Crippen LogP contribution is 2.16. The van der Waals surface area contributed by atoms with Crippen molar-refractivity contribution in [2.75, 3.05) is 21.3 Å². The van der Waals surface area contributed by atoms with Gasteiger partial charge in [0.05, 0.1) is 0 Å². The van der Waals surface area contributed by atoms with Crippen molar-refractivity contribution in [2.45, 2.75) is 10.5 Å². The summed E-state index contributed by atoms with van der Waals surface area (Å²) in [5.41, 5.74) is 2.51. The zero-order valence-electron chi connectivity index (χ0n) is 9.83. The molecule has 1 rings (SSSR count). The normalized spacial score (nSPS) is 11.8. The first-order chi connectivity index (χ1) is 7.69. The van der Waals surface area contributed by atoms with Gasteiger partial charge in [-0.2, -0.15) is 0 Å². The van der Waals surface area contributed by atoms with Crippen LogP contribution < -0.4 is 0 Å². The Morgan fingerprint density at radius 3 is 1.75 bits per heavy atom. The van der Waals surface area contributed by atoms with E-state index < -0.39 is 8.80 Å². The molecule has 1 aromatic carbocycles. The minimum atomic E-state index is -2.49. The maximum absolute atomic E-state index is 5.39. The molecule has 16 heavy (non-hydrogen) atoms. The summed E-state index contributed by atoms with van der Waals surface area (Å²) in [5.74, 6) is 0. The molecule has 0 atom stereocenters. The molecule has 0 aromatic heterocycles. The Hall–Kier alpha value is 0.0469. The van der Waals surface area contributed by atoms with Gasteiger partial charge in [-0.05, 0) is 11.1 Å². The Bertz CT molecular complexity index is 303. The van der Waals surface area contributed by atoms with Crippen LogP contribution in [-0.2, 0) is 23.7 Å². The molecule has 0 saturated carbocycles. The van der Waals surface area contributed by atoms with Crippen molar-refractivity contribution in [1.29, 1.82) is 0 Å². The molecule has 90 valence electrons. The van der Waals surface area contributed by atoms with Crippen LogP contribution in [0.4, 0.5) is 0 Å². The minimum Gasteiger partial charge on any atom is -0.377 e. The van der Waals surface area contributed by atoms with E-state index in [4.69, 9.17) is 13.3 Å². The van der Waals surface area contributed by atoms with Crippen molar-refractivity contribution >= 4 is 31.4 Å². The molecule has 5 heteroatoms. The average molecular weight is 352 g/mol. The second-order valence-electron chi connectivity index (χ2n) is 3.42. The molecule has 0 unspecified atom stereocenters. The van der Waals surface area contributed by atoms with Crippen LogP contribution in [0.1, 0.15) is 11.1 Å². The quantitative estimate of drug-likeness (QED) is 0.448. The van der Waals surface area contributed by atoms with E-state index in [9.17, 15) is 0 Å². The summed E-state index contributed by atoms with van der Waals surface area (Å²) < 4.78 is 17.2. The van der Waals surface area contributed by atoms with E-state index in [2.05, 4.69) is 46.9 Å². The Kier molecular flexibility index (Phi) is 5.91. The lowest BCUT2D eigenvalue weighted by Crippen LogP contribution is -2.45. The van der Waals surface area contributed by atoms with Gasteiger partial charge in [-0.15, -0.1) is 0 Å². The number of rotatable bonds is 6. The molecule has 0 spiro atoms. The molecule has 0 aliphatic carbocycles. The molecule has 0 N–H and O–H groups in total. The van der Waals surface area contributed by atoms with Gasteiger partial charge in [0.1, 0.15) is 0 Å². The molecule has 0 aliphatic rings. The molecule has 0 bridgehead atoms. The summed E-state index contributed by atoms with van der Waals surface area (Å²) in [4.78, 5) is 0. The summed E-state index contributed by atoms with van der Waals surface area (Å²) in [6.07, 6.45) is 0. The number of benzene rings is 1. The van der Waals surface area contributed by atoms with E-state index in [1.54, 1.807) is 21.3 Å². The van der Waals surface area contributed by atoms with Crippen LogP contribution in [0.3, 0.4) is 0 Å². The molecule has 0 fully saturated rings. The fourth-order valence-corrected chi connectivity index (χ4v) is 3.64. The van der Waals surface area contributed by atoms with Crippen LogP contribution in [-0.4, -0.2) is 30.1 Å². The Morgan fingerprint density at radius 2 is 1.38 bits per heavy atom. The smallest absolute Gasteiger partial charge is 0.377 e. The maximum atomic E-state index is 5.39. The molecule has 0 aliphatic heterocycles. The second-order valence-corrected chi connectivity index (χ2v) is 7.13. The molecule has 3 nitrogen and oxygen atoms in total. The lowest BCUT2D eigenvalue weighted by Gasteiger charge is -2.24. The fraction of sp³-hybridized carbons (Fsp3) is 0.455. The van der Waals surface area contributed by atoms with Gasteiger partial charge in [-0.3, -0.25) is 0 Å². The Labute approximate surface area is 112 Å². The highest BCUT2D eigenvalue weighted by atomic mass is 127. The predicted molar refractivity (Wildman–Crippen MR) is 74.7 cm³/mol. The second kappa shape index (κ2) is 6.70. The molecular formula is C11H17IO3Si. The van der Waals surface area contributed by atoms with Crippen molar-refractivity contribution in [1.82, 2.24) is 0 Å². The molecule has 0 amide bonds. The SMILES string of the molecule is CO[Si](Cc1ccc(CI)cc1)(OC)OC. The highest BCUT2D eigenvalue weighted by molar-refractivity contribution is 14.1. The van der Waals surface area contributed by atoms with Crippen molar-refractivity contribution in [3.05, 3.63) is 35.4 Å². The topological polar surface area (TPSA) is 27.7 Å². The summed E-state index contributed by atoms with van der Waals surface area (Å²) >= 11 is 2.35. The van der Waals surface area contributed by atoms with Gasteiger partial charge in [0, 0.05) is 31.8 Å². The number of alkyl halides is 1. The van der Waals surface area contributed by atoms with Crippen LogP contribution in [0.25, 0.3) is 0 Å². The first-order valence-corrected chi connectivity index (χ1v) is 8.44. The van der Waals surface area contributed by atoms with Crippen LogP contribution in [0.15, 0.2) is 24.3 Å². The van der Waals surface area contributed by atoms with Crippen molar-refractivity contribution in [2.24, 2.45) is 0 Å². The van der Waals surface area contributed by atoms with Gasteiger partial charge < -0.3 is 13.3 Å². The number of hydrogen-bond acceptors (Lipinski definition) is 3. The van der Waals surface area contributed by atoms with Crippen LogP contribution >= 0.6 is 22.6 Å². The summed E-state index contributed by atoms with van der Waals surface area (Å²) in [6, 6.07) is 9.17. The standard InChI is InChI=1S/C11H17IO3Si/c1-13-16(14-2,15-3)9-11-6-4-10(8-12)5-7-11/h4-7H,8-9H2,1-3H3. The molecule has 0 heterocycles. The van der Waals surface area contributed by atoms with E-state index in [0.29, 0.717) is 6.04 Å². The highest BCUT2D eigenvalue weighted by Gasteiger charge is 2.37. The fourth-order valence-electron chi connectivity index (χ4n) is 1.46. The first kappa shape index (κ1) is 14.1. The number of hydrogen-bond donors (Lipinski definition) is 0. The van der Waals surface area contributed by atoms with E-state index >= 15 is 0 Å². The zero-order chi connectivity index (χ0) is 12.0. The van der Waals surface area contributed by atoms with E-state index in [0.717, 1.165) is 4.43 Å². The van der Waals surface area contributed by atoms with Gasteiger partial charge in [0.2, 0.25) is 0 Å². The van der Waals surface area contributed by atoms with Gasteiger partial charge in [0.25, 0.3) is 0 Å². The maximum Gasteiger partial charge on any atom is 0.504 e. The molecule has 0 saturated heterocycles.